The van der Waals surface area contributed by atoms with Gasteiger partial charge < -0.3 is 4.90 Å². The van der Waals surface area contributed by atoms with Gasteiger partial charge in [-0.25, -0.2) is 4.98 Å². The van der Waals surface area contributed by atoms with E-state index in [0.717, 1.165) is 28.8 Å². The first-order valence-electron chi connectivity index (χ1n) is 11.9. The van der Waals surface area contributed by atoms with Gasteiger partial charge >= 0.3 is 0 Å². The van der Waals surface area contributed by atoms with Gasteiger partial charge in [0.05, 0.1) is 16.8 Å². The van der Waals surface area contributed by atoms with Crippen LogP contribution in [0.5, 0.6) is 0 Å². The first-order valence-corrected chi connectivity index (χ1v) is 11.9. The van der Waals surface area contributed by atoms with Crippen molar-refractivity contribution in [3.05, 3.63) is 106 Å². The van der Waals surface area contributed by atoms with Crippen molar-refractivity contribution in [2.24, 2.45) is 0 Å². The minimum absolute atomic E-state index is 0.0489. The molecule has 0 aliphatic carbocycles. The highest BCUT2D eigenvalue weighted by molar-refractivity contribution is 6.05. The summed E-state index contributed by atoms with van der Waals surface area (Å²) in [4.78, 5) is 33.9. The van der Waals surface area contributed by atoms with Crippen LogP contribution in [0, 0.1) is 6.92 Å². The van der Waals surface area contributed by atoms with Gasteiger partial charge in [-0.3, -0.25) is 14.2 Å². The van der Waals surface area contributed by atoms with Crippen molar-refractivity contribution in [3.8, 4) is 0 Å². The minimum Gasteiger partial charge on any atom is -0.309 e. The molecular weight excluding hydrogens is 422 g/mol. The zero-order valence-corrected chi connectivity index (χ0v) is 19.9. The average molecular weight is 452 g/mol. The molecule has 1 aliphatic heterocycles. The van der Waals surface area contributed by atoms with Gasteiger partial charge in [0.2, 0.25) is 5.91 Å². The van der Waals surface area contributed by atoms with E-state index in [9.17, 15) is 9.59 Å². The van der Waals surface area contributed by atoms with Gasteiger partial charge in [-0.05, 0) is 56.5 Å². The molecule has 2 heterocycles. The predicted octanol–water partition coefficient (Wildman–Crippen LogP) is 5.03. The molecule has 3 aromatic carbocycles. The minimum atomic E-state index is -0.353. The number of nitrogens with zero attached hydrogens (tertiary/aromatic N) is 3. The van der Waals surface area contributed by atoms with Crippen LogP contribution in [-0.4, -0.2) is 21.5 Å². The molecule has 0 bridgehead atoms. The molecule has 5 heteroatoms. The SMILES string of the molecule is Cc1ccc2c(c1)[C@@H](Cc1nc3ccccc3c(=O)n1CCc1ccccc1)C(=O)N2C(C)C. The summed E-state index contributed by atoms with van der Waals surface area (Å²) in [5, 5.41) is 0.608. The first-order chi connectivity index (χ1) is 16.4. The van der Waals surface area contributed by atoms with Crippen molar-refractivity contribution in [2.45, 2.75) is 52.1 Å². The Morgan fingerprint density at radius 3 is 2.44 bits per heavy atom. The van der Waals surface area contributed by atoms with Gasteiger partial charge in [0.15, 0.2) is 0 Å². The van der Waals surface area contributed by atoms with Crippen molar-refractivity contribution < 1.29 is 4.79 Å². The van der Waals surface area contributed by atoms with Crippen LogP contribution in [0.1, 0.15) is 42.3 Å². The molecule has 5 rings (SSSR count). The quantitative estimate of drug-likeness (QED) is 0.413. The normalized spacial score (nSPS) is 15.4. The number of hydrogen-bond donors (Lipinski definition) is 0. The lowest BCUT2D eigenvalue weighted by Crippen LogP contribution is -2.36. The van der Waals surface area contributed by atoms with Gasteiger partial charge in [0, 0.05) is 24.7 Å². The molecule has 0 saturated heterocycles. The molecular formula is C29H29N3O2. The Balaban J connectivity index is 1.59. The summed E-state index contributed by atoms with van der Waals surface area (Å²) in [7, 11) is 0. The van der Waals surface area contributed by atoms with E-state index in [0.29, 0.717) is 29.7 Å². The third-order valence-corrected chi connectivity index (χ3v) is 6.66. The largest absolute Gasteiger partial charge is 0.309 e. The lowest BCUT2D eigenvalue weighted by Gasteiger charge is -2.22. The van der Waals surface area contributed by atoms with E-state index < -0.39 is 0 Å². The zero-order valence-electron chi connectivity index (χ0n) is 19.9. The smallest absolute Gasteiger partial charge is 0.261 e. The Labute approximate surface area is 199 Å². The van der Waals surface area contributed by atoms with Crippen LogP contribution in [0.15, 0.2) is 77.6 Å². The molecule has 0 unspecified atom stereocenters. The number of benzene rings is 3. The van der Waals surface area contributed by atoms with E-state index in [-0.39, 0.29) is 23.4 Å². The highest BCUT2D eigenvalue weighted by atomic mass is 16.2. The Morgan fingerprint density at radius 1 is 0.941 bits per heavy atom. The van der Waals surface area contributed by atoms with Crippen LogP contribution < -0.4 is 10.5 Å². The number of carbonyl (C=O) groups is 1. The Kier molecular flexibility index (Phi) is 5.78. The molecule has 0 fully saturated rings. The zero-order chi connectivity index (χ0) is 23.8. The van der Waals surface area contributed by atoms with Crippen LogP contribution in [0.2, 0.25) is 0 Å². The van der Waals surface area contributed by atoms with Crippen LogP contribution in [-0.2, 0) is 24.2 Å². The molecule has 0 spiro atoms. The van der Waals surface area contributed by atoms with Crippen LogP contribution >= 0.6 is 0 Å². The summed E-state index contributed by atoms with van der Waals surface area (Å²) in [6.07, 6.45) is 1.12. The standard InChI is InChI=1S/C29H29N3O2/c1-19(2)32-26-14-13-20(3)17-23(26)24(29(32)34)18-27-30-25-12-8-7-11-22(25)28(33)31(27)16-15-21-9-5-4-6-10-21/h4-14,17,19,24H,15-16,18H2,1-3H3/t24-/m1/s1. The molecule has 0 radical (unpaired) electrons. The third-order valence-electron chi connectivity index (χ3n) is 6.66. The second-order valence-electron chi connectivity index (χ2n) is 9.36. The van der Waals surface area contributed by atoms with Crippen LogP contribution in [0.25, 0.3) is 10.9 Å². The number of fused-ring (bicyclic) bond motifs is 2. The fourth-order valence-electron chi connectivity index (χ4n) is 4.99. The van der Waals surface area contributed by atoms with E-state index in [4.69, 9.17) is 4.98 Å². The van der Waals surface area contributed by atoms with Gasteiger partial charge in [-0.15, -0.1) is 0 Å². The number of para-hydroxylation sites is 1. The van der Waals surface area contributed by atoms with E-state index in [1.54, 1.807) is 4.57 Å². The Hall–Kier alpha value is -3.73. The maximum absolute atomic E-state index is 13.6. The van der Waals surface area contributed by atoms with Gasteiger partial charge in [0.1, 0.15) is 5.82 Å². The van der Waals surface area contributed by atoms with E-state index in [2.05, 4.69) is 18.2 Å². The van der Waals surface area contributed by atoms with Crippen molar-refractivity contribution in [1.82, 2.24) is 9.55 Å². The summed E-state index contributed by atoms with van der Waals surface area (Å²) >= 11 is 0. The highest BCUT2D eigenvalue weighted by Crippen LogP contribution is 2.40. The number of hydrogen-bond acceptors (Lipinski definition) is 3. The fourth-order valence-corrected chi connectivity index (χ4v) is 4.99. The number of anilines is 1. The van der Waals surface area contributed by atoms with E-state index >= 15 is 0 Å². The second kappa shape index (κ2) is 8.90. The van der Waals surface area contributed by atoms with Crippen LogP contribution in [0.3, 0.4) is 0 Å². The molecule has 1 aliphatic rings. The summed E-state index contributed by atoms with van der Waals surface area (Å²) in [6.45, 7) is 6.64. The number of aryl methyl sites for hydroxylation is 2. The summed E-state index contributed by atoms with van der Waals surface area (Å²) in [6, 6.07) is 23.9. The lowest BCUT2D eigenvalue weighted by atomic mass is 9.95. The lowest BCUT2D eigenvalue weighted by molar-refractivity contribution is -0.119. The predicted molar refractivity (Wildman–Crippen MR) is 136 cm³/mol. The summed E-state index contributed by atoms with van der Waals surface area (Å²) in [5.41, 5.74) is 4.90. The molecule has 0 saturated carbocycles. The monoisotopic (exact) mass is 451 g/mol. The fraction of sp³-hybridized carbons (Fsp3) is 0.276. The van der Waals surface area contributed by atoms with Gasteiger partial charge in [0.25, 0.3) is 5.56 Å². The average Bonchev–Trinajstić information content (AvgIpc) is 3.10. The molecule has 172 valence electrons. The summed E-state index contributed by atoms with van der Waals surface area (Å²) in [5.74, 6) is 0.386. The molecule has 1 atom stereocenters. The maximum Gasteiger partial charge on any atom is 0.261 e. The highest BCUT2D eigenvalue weighted by Gasteiger charge is 2.39. The molecule has 1 amide bonds. The Morgan fingerprint density at radius 2 is 1.68 bits per heavy atom. The molecule has 34 heavy (non-hydrogen) atoms. The number of amides is 1. The second-order valence-corrected chi connectivity index (χ2v) is 9.36. The van der Waals surface area contributed by atoms with E-state index in [1.165, 1.54) is 0 Å². The molecule has 5 nitrogen and oxygen atoms in total. The number of aromatic nitrogens is 2. The molecule has 4 aromatic rings. The molecule has 1 aromatic heterocycles. The van der Waals surface area contributed by atoms with Crippen molar-refractivity contribution in [3.63, 3.8) is 0 Å². The first kappa shape index (κ1) is 22.1. The third kappa shape index (κ3) is 3.92. The number of rotatable bonds is 6. The van der Waals surface area contributed by atoms with Gasteiger partial charge in [-0.2, -0.15) is 0 Å². The van der Waals surface area contributed by atoms with Crippen molar-refractivity contribution in [2.75, 3.05) is 4.90 Å². The van der Waals surface area contributed by atoms with E-state index in [1.807, 2.05) is 80.3 Å². The molecule has 0 N–H and O–H groups in total. The van der Waals surface area contributed by atoms with Gasteiger partial charge in [-0.1, -0.05) is 60.2 Å². The maximum atomic E-state index is 13.6. The topological polar surface area (TPSA) is 55.2 Å². The van der Waals surface area contributed by atoms with Crippen molar-refractivity contribution >= 4 is 22.5 Å². The Bertz CT molecular complexity index is 1420. The van der Waals surface area contributed by atoms with Crippen LogP contribution in [0.4, 0.5) is 5.69 Å². The van der Waals surface area contributed by atoms with Crippen molar-refractivity contribution in [1.29, 1.82) is 0 Å². The summed E-state index contributed by atoms with van der Waals surface area (Å²) < 4.78 is 1.77. The number of carbonyl (C=O) groups excluding carboxylic acids is 1.